The van der Waals surface area contributed by atoms with Gasteiger partial charge in [-0.3, -0.25) is 4.79 Å². The normalized spacial score (nSPS) is 15.0. The molecule has 2 aromatic carbocycles. The first-order valence-corrected chi connectivity index (χ1v) is 10.1. The van der Waals surface area contributed by atoms with Crippen LogP contribution in [0, 0.1) is 5.92 Å². The Bertz CT molecular complexity index is 822. The monoisotopic (exact) mass is 396 g/mol. The summed E-state index contributed by atoms with van der Waals surface area (Å²) >= 11 is 0. The van der Waals surface area contributed by atoms with E-state index in [-0.39, 0.29) is 18.3 Å². The highest BCUT2D eigenvalue weighted by atomic mass is 16.5. The lowest BCUT2D eigenvalue weighted by atomic mass is 9.93. The number of benzene rings is 2. The quantitative estimate of drug-likeness (QED) is 0.432. The zero-order valence-corrected chi connectivity index (χ0v) is 17.1. The second-order valence-electron chi connectivity index (χ2n) is 7.47. The molecule has 5 heteroatoms. The number of carbonyl (C=O) groups is 2. The van der Waals surface area contributed by atoms with E-state index in [0.717, 1.165) is 24.7 Å². The van der Waals surface area contributed by atoms with Crippen LogP contribution in [0.4, 0.5) is 0 Å². The molecule has 2 aromatic rings. The Morgan fingerprint density at radius 3 is 2.38 bits per heavy atom. The Kier molecular flexibility index (Phi) is 7.28. The lowest BCUT2D eigenvalue weighted by molar-refractivity contribution is -0.111. The summed E-state index contributed by atoms with van der Waals surface area (Å²) in [7, 11) is 3.21. The van der Waals surface area contributed by atoms with Crippen LogP contribution in [-0.4, -0.2) is 32.4 Å². The Labute approximate surface area is 172 Å². The van der Waals surface area contributed by atoms with Crippen molar-refractivity contribution < 1.29 is 23.8 Å². The zero-order valence-electron chi connectivity index (χ0n) is 17.1. The summed E-state index contributed by atoms with van der Waals surface area (Å²) in [4.78, 5) is 24.2. The fourth-order valence-electron chi connectivity index (χ4n) is 3.73. The Balaban J connectivity index is 1.67. The number of ether oxygens (including phenoxy) is 3. The fraction of sp³-hybridized carbons (Fsp3) is 0.417. The summed E-state index contributed by atoms with van der Waals surface area (Å²) in [6.07, 6.45) is 6.22. The van der Waals surface area contributed by atoms with Crippen LogP contribution in [0.3, 0.4) is 0 Å². The van der Waals surface area contributed by atoms with Crippen molar-refractivity contribution in [2.45, 2.75) is 44.6 Å². The van der Waals surface area contributed by atoms with Gasteiger partial charge in [0.1, 0.15) is 12.0 Å². The Hall–Kier alpha value is -2.82. The SMILES string of the molecule is COc1ccc(C(=O)CC(C=O)Cc2ccc(OC)c(OC3CCCC3)c2)cc1. The van der Waals surface area contributed by atoms with E-state index in [1.165, 1.54) is 12.8 Å². The minimum Gasteiger partial charge on any atom is -0.497 e. The second-order valence-corrected chi connectivity index (χ2v) is 7.47. The van der Waals surface area contributed by atoms with Gasteiger partial charge in [0, 0.05) is 17.9 Å². The molecule has 0 heterocycles. The molecule has 1 atom stereocenters. The Morgan fingerprint density at radius 2 is 1.76 bits per heavy atom. The van der Waals surface area contributed by atoms with Gasteiger partial charge in [-0.1, -0.05) is 6.07 Å². The zero-order chi connectivity index (χ0) is 20.6. The van der Waals surface area contributed by atoms with Crippen molar-refractivity contribution in [3.63, 3.8) is 0 Å². The number of methoxy groups -OCH3 is 2. The molecule has 0 aliphatic heterocycles. The molecule has 1 unspecified atom stereocenters. The second kappa shape index (κ2) is 10.1. The van der Waals surface area contributed by atoms with Crippen LogP contribution in [0.5, 0.6) is 17.2 Å². The molecule has 5 nitrogen and oxygen atoms in total. The predicted molar refractivity (Wildman–Crippen MR) is 111 cm³/mol. The van der Waals surface area contributed by atoms with Crippen molar-refractivity contribution in [2.75, 3.05) is 14.2 Å². The van der Waals surface area contributed by atoms with Crippen LogP contribution < -0.4 is 14.2 Å². The predicted octanol–water partition coefficient (Wildman–Crippen LogP) is 4.66. The summed E-state index contributed by atoms with van der Waals surface area (Å²) in [5.74, 6) is 1.65. The summed E-state index contributed by atoms with van der Waals surface area (Å²) in [6, 6.07) is 12.7. The third kappa shape index (κ3) is 5.59. The minimum atomic E-state index is -0.391. The Morgan fingerprint density at radius 1 is 1.03 bits per heavy atom. The molecule has 0 saturated heterocycles. The molecule has 1 saturated carbocycles. The van der Waals surface area contributed by atoms with Gasteiger partial charge in [0.05, 0.1) is 20.3 Å². The maximum Gasteiger partial charge on any atom is 0.163 e. The van der Waals surface area contributed by atoms with Gasteiger partial charge in [0.2, 0.25) is 0 Å². The molecule has 154 valence electrons. The lowest BCUT2D eigenvalue weighted by Gasteiger charge is -2.17. The number of ketones is 1. The summed E-state index contributed by atoms with van der Waals surface area (Å²) in [5.41, 5.74) is 1.54. The first kappa shape index (κ1) is 20.9. The molecule has 0 amide bonds. The molecule has 0 bridgehead atoms. The number of hydrogen-bond acceptors (Lipinski definition) is 5. The van der Waals surface area contributed by atoms with Crippen molar-refractivity contribution in [1.29, 1.82) is 0 Å². The van der Waals surface area contributed by atoms with E-state index >= 15 is 0 Å². The number of rotatable bonds is 10. The van der Waals surface area contributed by atoms with E-state index in [4.69, 9.17) is 14.2 Å². The average molecular weight is 396 g/mol. The van der Waals surface area contributed by atoms with Crippen LogP contribution in [0.2, 0.25) is 0 Å². The third-order valence-electron chi connectivity index (χ3n) is 5.37. The van der Waals surface area contributed by atoms with Gasteiger partial charge >= 0.3 is 0 Å². The molecular weight excluding hydrogens is 368 g/mol. The van der Waals surface area contributed by atoms with Crippen LogP contribution in [0.1, 0.15) is 48.0 Å². The highest BCUT2D eigenvalue weighted by molar-refractivity contribution is 5.97. The highest BCUT2D eigenvalue weighted by Crippen LogP contribution is 2.33. The molecule has 0 N–H and O–H groups in total. The van der Waals surface area contributed by atoms with Gasteiger partial charge in [0.15, 0.2) is 17.3 Å². The van der Waals surface area contributed by atoms with E-state index in [1.54, 1.807) is 38.5 Å². The third-order valence-corrected chi connectivity index (χ3v) is 5.37. The maximum atomic E-state index is 12.6. The van der Waals surface area contributed by atoms with Crippen LogP contribution in [-0.2, 0) is 11.2 Å². The molecule has 1 fully saturated rings. The number of carbonyl (C=O) groups excluding carboxylic acids is 2. The maximum absolute atomic E-state index is 12.6. The first-order valence-electron chi connectivity index (χ1n) is 10.1. The van der Waals surface area contributed by atoms with E-state index in [9.17, 15) is 9.59 Å². The van der Waals surface area contributed by atoms with Crippen LogP contribution >= 0.6 is 0 Å². The smallest absolute Gasteiger partial charge is 0.163 e. The summed E-state index contributed by atoms with van der Waals surface area (Å²) in [6.45, 7) is 0. The fourth-order valence-corrected chi connectivity index (χ4v) is 3.73. The van der Waals surface area contributed by atoms with Crippen LogP contribution in [0.15, 0.2) is 42.5 Å². The topological polar surface area (TPSA) is 61.8 Å². The van der Waals surface area contributed by atoms with Gasteiger partial charge in [-0.25, -0.2) is 0 Å². The molecule has 0 aromatic heterocycles. The average Bonchev–Trinajstić information content (AvgIpc) is 3.26. The standard InChI is InChI=1S/C24H28O5/c1-27-20-10-8-19(9-11-20)22(26)14-18(16-25)13-17-7-12-23(28-2)24(15-17)29-21-5-3-4-6-21/h7-12,15-16,18,21H,3-6,13-14H2,1-2H3. The van der Waals surface area contributed by atoms with E-state index in [0.29, 0.717) is 29.2 Å². The van der Waals surface area contributed by atoms with Gasteiger partial charge in [-0.15, -0.1) is 0 Å². The van der Waals surface area contributed by atoms with E-state index < -0.39 is 5.92 Å². The minimum absolute atomic E-state index is 0.0549. The highest BCUT2D eigenvalue weighted by Gasteiger charge is 2.20. The van der Waals surface area contributed by atoms with Gasteiger partial charge in [0.25, 0.3) is 0 Å². The van der Waals surface area contributed by atoms with Crippen molar-refractivity contribution in [3.05, 3.63) is 53.6 Å². The molecule has 0 spiro atoms. The summed E-state index contributed by atoms with van der Waals surface area (Å²) in [5, 5.41) is 0. The van der Waals surface area contributed by atoms with Crippen molar-refractivity contribution in [1.82, 2.24) is 0 Å². The largest absolute Gasteiger partial charge is 0.497 e. The lowest BCUT2D eigenvalue weighted by Crippen LogP contribution is -2.14. The van der Waals surface area contributed by atoms with E-state index in [2.05, 4.69) is 0 Å². The molecule has 0 radical (unpaired) electrons. The molecular formula is C24H28O5. The number of hydrogen-bond donors (Lipinski definition) is 0. The molecule has 1 aliphatic carbocycles. The number of aldehydes is 1. The van der Waals surface area contributed by atoms with Crippen molar-refractivity contribution in [2.24, 2.45) is 5.92 Å². The first-order chi connectivity index (χ1) is 14.1. The van der Waals surface area contributed by atoms with Crippen LogP contribution in [0.25, 0.3) is 0 Å². The molecule has 3 rings (SSSR count). The van der Waals surface area contributed by atoms with E-state index in [1.807, 2.05) is 18.2 Å². The number of Topliss-reactive ketones (excluding diaryl/α,β-unsaturated/α-hetero) is 1. The van der Waals surface area contributed by atoms with Gasteiger partial charge < -0.3 is 19.0 Å². The molecule has 1 aliphatic rings. The summed E-state index contributed by atoms with van der Waals surface area (Å²) < 4.78 is 16.7. The van der Waals surface area contributed by atoms with Crippen molar-refractivity contribution in [3.8, 4) is 17.2 Å². The van der Waals surface area contributed by atoms with Crippen molar-refractivity contribution >= 4 is 12.1 Å². The van der Waals surface area contributed by atoms with Gasteiger partial charge in [-0.05, 0) is 74.1 Å². The van der Waals surface area contributed by atoms with Gasteiger partial charge in [-0.2, -0.15) is 0 Å². The molecule has 29 heavy (non-hydrogen) atoms.